The van der Waals surface area contributed by atoms with Gasteiger partial charge in [-0.05, 0) is 25.7 Å². The van der Waals surface area contributed by atoms with Crippen molar-refractivity contribution < 1.29 is 9.53 Å². The molecule has 2 aliphatic rings. The summed E-state index contributed by atoms with van der Waals surface area (Å²) in [6.07, 6.45) is 3.30. The van der Waals surface area contributed by atoms with Crippen LogP contribution in [0.4, 0.5) is 0 Å². The molecular formula is C12H22N2O2. The van der Waals surface area contributed by atoms with E-state index in [9.17, 15) is 4.79 Å². The van der Waals surface area contributed by atoms with Crippen LogP contribution in [0.3, 0.4) is 0 Å². The summed E-state index contributed by atoms with van der Waals surface area (Å²) in [7, 11) is 0. The van der Waals surface area contributed by atoms with Gasteiger partial charge in [-0.1, -0.05) is 0 Å². The largest absolute Gasteiger partial charge is 0.378 e. The van der Waals surface area contributed by atoms with Gasteiger partial charge in [-0.25, -0.2) is 0 Å². The molecule has 0 bridgehead atoms. The molecule has 1 aliphatic carbocycles. The van der Waals surface area contributed by atoms with E-state index < -0.39 is 0 Å². The Balaban J connectivity index is 1.64. The Labute approximate surface area is 97.3 Å². The van der Waals surface area contributed by atoms with Crippen molar-refractivity contribution in [1.82, 2.24) is 10.2 Å². The maximum Gasteiger partial charge on any atom is 0.222 e. The van der Waals surface area contributed by atoms with E-state index in [-0.39, 0.29) is 0 Å². The Bertz CT molecular complexity index is 233. The van der Waals surface area contributed by atoms with Crippen molar-refractivity contribution in [3.8, 4) is 0 Å². The third kappa shape index (κ3) is 2.95. The molecule has 0 aromatic rings. The summed E-state index contributed by atoms with van der Waals surface area (Å²) in [6.45, 7) is 6.46. The zero-order chi connectivity index (χ0) is 11.4. The number of hydrogen-bond donors (Lipinski definition) is 1. The minimum atomic E-state index is 0.335. The minimum Gasteiger partial charge on any atom is -0.378 e. The number of piperazine rings is 1. The fourth-order valence-corrected chi connectivity index (χ4v) is 2.50. The van der Waals surface area contributed by atoms with Crippen molar-refractivity contribution >= 4 is 5.91 Å². The van der Waals surface area contributed by atoms with E-state index in [0.717, 1.165) is 52.0 Å². The molecule has 1 N–H and O–H groups in total. The summed E-state index contributed by atoms with van der Waals surface area (Å²) in [6, 6.07) is 0. The SMILES string of the molecule is CCOC1CC(CC(=O)N2CCNCC2)C1. The van der Waals surface area contributed by atoms with E-state index in [1.165, 1.54) is 0 Å². The molecule has 2 rings (SSSR count). The number of hydrogen-bond acceptors (Lipinski definition) is 3. The molecule has 0 radical (unpaired) electrons. The van der Waals surface area contributed by atoms with Crippen molar-refractivity contribution in [2.75, 3.05) is 32.8 Å². The van der Waals surface area contributed by atoms with Gasteiger partial charge in [0.15, 0.2) is 0 Å². The van der Waals surface area contributed by atoms with Gasteiger partial charge in [-0.15, -0.1) is 0 Å². The molecule has 0 spiro atoms. The van der Waals surface area contributed by atoms with Crippen LogP contribution >= 0.6 is 0 Å². The number of rotatable bonds is 4. The first-order valence-electron chi connectivity index (χ1n) is 6.39. The van der Waals surface area contributed by atoms with E-state index >= 15 is 0 Å². The third-order valence-corrected chi connectivity index (χ3v) is 3.53. The van der Waals surface area contributed by atoms with E-state index in [1.54, 1.807) is 0 Å². The lowest BCUT2D eigenvalue weighted by Crippen LogP contribution is -2.47. The summed E-state index contributed by atoms with van der Waals surface area (Å²) in [4.78, 5) is 13.9. The van der Waals surface area contributed by atoms with Crippen LogP contribution in [0.25, 0.3) is 0 Å². The van der Waals surface area contributed by atoms with Gasteiger partial charge in [-0.3, -0.25) is 4.79 Å². The number of amides is 1. The first-order valence-corrected chi connectivity index (χ1v) is 6.39. The molecule has 2 fully saturated rings. The molecule has 0 aromatic carbocycles. The third-order valence-electron chi connectivity index (χ3n) is 3.53. The van der Waals surface area contributed by atoms with Crippen LogP contribution in [-0.2, 0) is 9.53 Å². The summed E-state index contributed by atoms with van der Waals surface area (Å²) in [5, 5.41) is 3.26. The normalized spacial score (nSPS) is 29.9. The second kappa shape index (κ2) is 5.64. The van der Waals surface area contributed by atoms with Gasteiger partial charge < -0.3 is 15.0 Å². The molecule has 4 nitrogen and oxygen atoms in total. The Hall–Kier alpha value is -0.610. The first kappa shape index (κ1) is 11.9. The van der Waals surface area contributed by atoms with Crippen LogP contribution in [0.15, 0.2) is 0 Å². The van der Waals surface area contributed by atoms with Crippen molar-refractivity contribution in [3.05, 3.63) is 0 Å². The number of nitrogens with zero attached hydrogens (tertiary/aromatic N) is 1. The minimum absolute atomic E-state index is 0.335. The van der Waals surface area contributed by atoms with Crippen LogP contribution in [0.1, 0.15) is 26.2 Å². The topological polar surface area (TPSA) is 41.6 Å². The molecule has 0 aromatic heterocycles. The van der Waals surface area contributed by atoms with E-state index in [0.29, 0.717) is 17.9 Å². The van der Waals surface area contributed by atoms with Gasteiger partial charge in [0, 0.05) is 39.2 Å². The zero-order valence-corrected chi connectivity index (χ0v) is 10.1. The molecule has 16 heavy (non-hydrogen) atoms. The zero-order valence-electron chi connectivity index (χ0n) is 10.1. The molecule has 0 atom stereocenters. The second-order valence-corrected chi connectivity index (χ2v) is 4.75. The van der Waals surface area contributed by atoms with Crippen LogP contribution in [-0.4, -0.2) is 49.7 Å². The lowest BCUT2D eigenvalue weighted by molar-refractivity contribution is -0.135. The Kier molecular flexibility index (Phi) is 4.18. The maximum atomic E-state index is 11.9. The van der Waals surface area contributed by atoms with Crippen molar-refractivity contribution in [1.29, 1.82) is 0 Å². The fourth-order valence-electron chi connectivity index (χ4n) is 2.50. The highest BCUT2D eigenvalue weighted by Crippen LogP contribution is 2.33. The highest BCUT2D eigenvalue weighted by molar-refractivity contribution is 5.76. The molecular weight excluding hydrogens is 204 g/mol. The predicted molar refractivity (Wildman–Crippen MR) is 62.2 cm³/mol. The molecule has 0 unspecified atom stereocenters. The lowest BCUT2D eigenvalue weighted by atomic mass is 9.79. The quantitative estimate of drug-likeness (QED) is 0.764. The number of carbonyl (C=O) groups excluding carboxylic acids is 1. The van der Waals surface area contributed by atoms with Crippen LogP contribution in [0, 0.1) is 5.92 Å². The number of nitrogens with one attached hydrogen (secondary N) is 1. The monoisotopic (exact) mass is 226 g/mol. The molecule has 1 saturated heterocycles. The van der Waals surface area contributed by atoms with Crippen LogP contribution in [0.2, 0.25) is 0 Å². The second-order valence-electron chi connectivity index (χ2n) is 4.75. The lowest BCUT2D eigenvalue weighted by Gasteiger charge is -2.36. The van der Waals surface area contributed by atoms with Crippen molar-refractivity contribution in [2.24, 2.45) is 5.92 Å². The Morgan fingerprint density at radius 2 is 2.06 bits per heavy atom. The summed E-state index contributed by atoms with van der Waals surface area (Å²) < 4.78 is 5.50. The smallest absolute Gasteiger partial charge is 0.222 e. The van der Waals surface area contributed by atoms with Crippen LogP contribution in [0.5, 0.6) is 0 Å². The standard InChI is InChI=1S/C12H22N2O2/c1-2-16-11-7-10(8-11)9-12(15)14-5-3-13-4-6-14/h10-11,13H,2-9H2,1H3. The summed E-state index contributed by atoms with van der Waals surface area (Å²) >= 11 is 0. The van der Waals surface area contributed by atoms with Gasteiger partial charge in [0.25, 0.3) is 0 Å². The van der Waals surface area contributed by atoms with Gasteiger partial charge in [0.1, 0.15) is 0 Å². The van der Waals surface area contributed by atoms with E-state index in [4.69, 9.17) is 4.74 Å². The fraction of sp³-hybridized carbons (Fsp3) is 0.917. The molecule has 1 amide bonds. The average Bonchev–Trinajstić information content (AvgIpc) is 2.27. The molecule has 92 valence electrons. The summed E-state index contributed by atoms with van der Waals surface area (Å²) in [5.41, 5.74) is 0. The highest BCUT2D eigenvalue weighted by Gasteiger charge is 2.32. The number of ether oxygens (including phenoxy) is 1. The van der Waals surface area contributed by atoms with E-state index in [1.807, 2.05) is 11.8 Å². The number of carbonyl (C=O) groups is 1. The molecule has 1 aliphatic heterocycles. The van der Waals surface area contributed by atoms with Gasteiger partial charge in [0.05, 0.1) is 6.10 Å². The molecule has 1 saturated carbocycles. The molecule has 1 heterocycles. The Morgan fingerprint density at radius 1 is 1.38 bits per heavy atom. The van der Waals surface area contributed by atoms with E-state index in [2.05, 4.69) is 5.32 Å². The van der Waals surface area contributed by atoms with Gasteiger partial charge >= 0.3 is 0 Å². The molecule has 4 heteroatoms. The summed E-state index contributed by atoms with van der Waals surface area (Å²) in [5.74, 6) is 0.903. The van der Waals surface area contributed by atoms with Crippen LogP contribution < -0.4 is 5.32 Å². The predicted octanol–water partition coefficient (Wildman–Crippen LogP) is 0.623. The van der Waals surface area contributed by atoms with Crippen molar-refractivity contribution in [2.45, 2.75) is 32.3 Å². The average molecular weight is 226 g/mol. The first-order chi connectivity index (χ1) is 7.79. The van der Waals surface area contributed by atoms with Crippen molar-refractivity contribution in [3.63, 3.8) is 0 Å². The Morgan fingerprint density at radius 3 is 2.69 bits per heavy atom. The maximum absolute atomic E-state index is 11.9. The van der Waals surface area contributed by atoms with Gasteiger partial charge in [0.2, 0.25) is 5.91 Å². The highest BCUT2D eigenvalue weighted by atomic mass is 16.5. The van der Waals surface area contributed by atoms with Gasteiger partial charge in [-0.2, -0.15) is 0 Å².